The normalized spacial score (nSPS) is 14.2. The Morgan fingerprint density at radius 3 is 2.45 bits per heavy atom. The van der Waals surface area contributed by atoms with Crippen LogP contribution in [0, 0.1) is 19.8 Å². The van der Waals surface area contributed by atoms with Gasteiger partial charge in [0.05, 0.1) is 12.6 Å². The Labute approximate surface area is 124 Å². The lowest BCUT2D eigenvalue weighted by molar-refractivity contribution is 0.0837. The molecule has 0 saturated heterocycles. The summed E-state index contributed by atoms with van der Waals surface area (Å²) in [6.07, 6.45) is 5.02. The Morgan fingerprint density at radius 1 is 1.10 bits per heavy atom. The van der Waals surface area contributed by atoms with E-state index in [-0.39, 0.29) is 6.04 Å². The average Bonchev–Trinajstić information content (AvgIpc) is 2.45. The summed E-state index contributed by atoms with van der Waals surface area (Å²) in [6.45, 7) is 10.2. The van der Waals surface area contributed by atoms with Crippen LogP contribution in [0.3, 0.4) is 0 Å². The SMILES string of the molecule is CCCCC(CC)COCC(N)c1ccc(C)c(C)c1. The molecule has 1 rings (SSSR count). The van der Waals surface area contributed by atoms with E-state index in [4.69, 9.17) is 10.5 Å². The molecule has 2 N–H and O–H groups in total. The van der Waals surface area contributed by atoms with Crippen molar-refractivity contribution in [3.05, 3.63) is 34.9 Å². The number of aryl methyl sites for hydroxylation is 2. The fourth-order valence-corrected chi connectivity index (χ4v) is 2.35. The monoisotopic (exact) mass is 277 g/mol. The smallest absolute Gasteiger partial charge is 0.0659 e. The van der Waals surface area contributed by atoms with Gasteiger partial charge in [0.1, 0.15) is 0 Å². The predicted molar refractivity (Wildman–Crippen MR) is 87.0 cm³/mol. The van der Waals surface area contributed by atoms with Gasteiger partial charge in [-0.2, -0.15) is 0 Å². The molecule has 20 heavy (non-hydrogen) atoms. The van der Waals surface area contributed by atoms with Crippen molar-refractivity contribution in [2.75, 3.05) is 13.2 Å². The van der Waals surface area contributed by atoms with Gasteiger partial charge in [0, 0.05) is 6.61 Å². The Kier molecular flexibility index (Phi) is 7.86. The maximum Gasteiger partial charge on any atom is 0.0659 e. The van der Waals surface area contributed by atoms with Crippen molar-refractivity contribution in [1.29, 1.82) is 0 Å². The number of hydrogen-bond donors (Lipinski definition) is 1. The van der Waals surface area contributed by atoms with Gasteiger partial charge in [-0.25, -0.2) is 0 Å². The van der Waals surface area contributed by atoms with Gasteiger partial charge in [0.25, 0.3) is 0 Å². The van der Waals surface area contributed by atoms with E-state index in [1.165, 1.54) is 42.4 Å². The van der Waals surface area contributed by atoms with Gasteiger partial charge >= 0.3 is 0 Å². The van der Waals surface area contributed by atoms with E-state index in [9.17, 15) is 0 Å². The maximum atomic E-state index is 6.22. The molecule has 0 saturated carbocycles. The largest absolute Gasteiger partial charge is 0.379 e. The summed E-state index contributed by atoms with van der Waals surface area (Å²) in [5.41, 5.74) is 10.0. The Balaban J connectivity index is 2.38. The molecule has 0 fully saturated rings. The van der Waals surface area contributed by atoms with Crippen LogP contribution in [0.15, 0.2) is 18.2 Å². The van der Waals surface area contributed by atoms with Crippen LogP contribution >= 0.6 is 0 Å². The van der Waals surface area contributed by atoms with Crippen molar-refractivity contribution < 1.29 is 4.74 Å². The highest BCUT2D eigenvalue weighted by molar-refractivity contribution is 5.31. The summed E-state index contributed by atoms with van der Waals surface area (Å²) in [7, 11) is 0. The topological polar surface area (TPSA) is 35.2 Å². The van der Waals surface area contributed by atoms with Gasteiger partial charge in [0.2, 0.25) is 0 Å². The van der Waals surface area contributed by atoms with Gasteiger partial charge in [-0.05, 0) is 42.9 Å². The van der Waals surface area contributed by atoms with E-state index in [0.717, 1.165) is 6.61 Å². The molecule has 2 heteroatoms. The molecular weight excluding hydrogens is 246 g/mol. The zero-order valence-corrected chi connectivity index (χ0v) is 13.6. The van der Waals surface area contributed by atoms with Crippen LogP contribution in [0.25, 0.3) is 0 Å². The second-order valence-corrected chi connectivity index (χ2v) is 5.90. The van der Waals surface area contributed by atoms with Gasteiger partial charge in [-0.3, -0.25) is 0 Å². The lowest BCUT2D eigenvalue weighted by Gasteiger charge is -2.18. The quantitative estimate of drug-likeness (QED) is 0.719. The fourth-order valence-electron chi connectivity index (χ4n) is 2.35. The van der Waals surface area contributed by atoms with E-state index in [0.29, 0.717) is 12.5 Å². The molecule has 2 atom stereocenters. The van der Waals surface area contributed by atoms with Crippen molar-refractivity contribution in [2.24, 2.45) is 11.7 Å². The highest BCUT2D eigenvalue weighted by atomic mass is 16.5. The molecule has 1 aromatic rings. The number of nitrogens with two attached hydrogens (primary N) is 1. The lowest BCUT2D eigenvalue weighted by Crippen LogP contribution is -2.20. The van der Waals surface area contributed by atoms with Crippen LogP contribution in [0.1, 0.15) is 62.3 Å². The summed E-state index contributed by atoms with van der Waals surface area (Å²) in [4.78, 5) is 0. The first kappa shape index (κ1) is 17.2. The second kappa shape index (κ2) is 9.15. The summed E-state index contributed by atoms with van der Waals surface area (Å²) in [5.74, 6) is 0.682. The van der Waals surface area contributed by atoms with Crippen LogP contribution < -0.4 is 5.73 Å². The number of benzene rings is 1. The summed E-state index contributed by atoms with van der Waals surface area (Å²) in [5, 5.41) is 0. The van der Waals surface area contributed by atoms with E-state index < -0.39 is 0 Å². The highest BCUT2D eigenvalue weighted by Gasteiger charge is 2.10. The number of unbranched alkanes of at least 4 members (excludes halogenated alkanes) is 1. The summed E-state index contributed by atoms with van der Waals surface area (Å²) in [6, 6.07) is 6.42. The molecule has 1 aromatic carbocycles. The molecule has 2 nitrogen and oxygen atoms in total. The Bertz CT molecular complexity index is 389. The number of ether oxygens (including phenoxy) is 1. The first-order valence-electron chi connectivity index (χ1n) is 7.98. The lowest BCUT2D eigenvalue weighted by atomic mass is 10.0. The molecule has 0 aromatic heterocycles. The number of rotatable bonds is 9. The average molecular weight is 277 g/mol. The minimum atomic E-state index is -0.0158. The maximum absolute atomic E-state index is 6.22. The standard InChI is InChI=1S/C18H31NO/c1-5-7-8-16(6-2)12-20-13-18(19)17-10-9-14(3)15(4)11-17/h9-11,16,18H,5-8,12-13,19H2,1-4H3. The minimum Gasteiger partial charge on any atom is -0.379 e. The molecule has 0 amide bonds. The molecule has 0 aliphatic heterocycles. The van der Waals surface area contributed by atoms with E-state index >= 15 is 0 Å². The van der Waals surface area contributed by atoms with E-state index in [1.807, 2.05) is 0 Å². The van der Waals surface area contributed by atoms with Crippen molar-refractivity contribution in [1.82, 2.24) is 0 Å². The zero-order valence-electron chi connectivity index (χ0n) is 13.6. The molecule has 2 unspecified atom stereocenters. The predicted octanol–water partition coefficient (Wildman–Crippen LogP) is 4.54. The van der Waals surface area contributed by atoms with Crippen LogP contribution in [0.2, 0.25) is 0 Å². The second-order valence-electron chi connectivity index (χ2n) is 5.90. The van der Waals surface area contributed by atoms with Crippen LogP contribution in [-0.2, 0) is 4.74 Å². The molecule has 0 aliphatic carbocycles. The zero-order chi connectivity index (χ0) is 15.0. The first-order valence-corrected chi connectivity index (χ1v) is 7.98. The Hall–Kier alpha value is -0.860. The van der Waals surface area contributed by atoms with Gasteiger partial charge in [-0.1, -0.05) is 51.3 Å². The van der Waals surface area contributed by atoms with Crippen LogP contribution in [-0.4, -0.2) is 13.2 Å². The summed E-state index contributed by atoms with van der Waals surface area (Å²) >= 11 is 0. The molecule has 0 radical (unpaired) electrons. The molecular formula is C18H31NO. The third kappa shape index (κ3) is 5.64. The van der Waals surface area contributed by atoms with E-state index in [1.54, 1.807) is 0 Å². The molecule has 114 valence electrons. The van der Waals surface area contributed by atoms with Crippen LogP contribution in [0.4, 0.5) is 0 Å². The third-order valence-corrected chi connectivity index (χ3v) is 4.15. The van der Waals surface area contributed by atoms with Crippen molar-refractivity contribution in [3.8, 4) is 0 Å². The summed E-state index contributed by atoms with van der Waals surface area (Å²) < 4.78 is 5.85. The molecule has 0 bridgehead atoms. The van der Waals surface area contributed by atoms with Crippen molar-refractivity contribution >= 4 is 0 Å². The van der Waals surface area contributed by atoms with Crippen molar-refractivity contribution in [2.45, 2.75) is 59.4 Å². The first-order chi connectivity index (χ1) is 9.58. The van der Waals surface area contributed by atoms with E-state index in [2.05, 4.69) is 45.9 Å². The minimum absolute atomic E-state index is 0.0158. The fraction of sp³-hybridized carbons (Fsp3) is 0.667. The van der Waals surface area contributed by atoms with Gasteiger partial charge in [-0.15, -0.1) is 0 Å². The van der Waals surface area contributed by atoms with Gasteiger partial charge < -0.3 is 10.5 Å². The van der Waals surface area contributed by atoms with Crippen LogP contribution in [0.5, 0.6) is 0 Å². The van der Waals surface area contributed by atoms with Gasteiger partial charge in [0.15, 0.2) is 0 Å². The molecule has 0 spiro atoms. The molecule has 0 aliphatic rings. The van der Waals surface area contributed by atoms with Crippen molar-refractivity contribution in [3.63, 3.8) is 0 Å². The highest BCUT2D eigenvalue weighted by Crippen LogP contribution is 2.17. The molecule has 0 heterocycles. The number of hydrogen-bond acceptors (Lipinski definition) is 2. The third-order valence-electron chi connectivity index (χ3n) is 4.15. The Morgan fingerprint density at radius 2 is 1.85 bits per heavy atom.